The van der Waals surface area contributed by atoms with E-state index in [0.717, 1.165) is 23.0 Å². The summed E-state index contributed by atoms with van der Waals surface area (Å²) in [5.41, 5.74) is 7.22. The van der Waals surface area contributed by atoms with Gasteiger partial charge in [0.1, 0.15) is 6.04 Å². The van der Waals surface area contributed by atoms with Crippen molar-refractivity contribution in [2.24, 2.45) is 0 Å². The van der Waals surface area contributed by atoms with Crippen molar-refractivity contribution < 1.29 is 4.79 Å². The summed E-state index contributed by atoms with van der Waals surface area (Å²) in [6.45, 7) is 1.85. The number of benzene rings is 1. The molecule has 0 aromatic heterocycles. The first-order chi connectivity index (χ1) is 8.06. The van der Waals surface area contributed by atoms with E-state index in [9.17, 15) is 4.79 Å². The van der Waals surface area contributed by atoms with E-state index in [1.165, 1.54) is 0 Å². The van der Waals surface area contributed by atoms with Crippen LogP contribution in [0.3, 0.4) is 0 Å². The number of halogens is 1. The van der Waals surface area contributed by atoms with Gasteiger partial charge in [-0.1, -0.05) is 0 Å². The molecule has 1 fully saturated rings. The molecule has 1 aliphatic rings. The molecule has 0 radical (unpaired) electrons. The zero-order chi connectivity index (χ0) is 12.4. The normalized spacial score (nSPS) is 16.4. The Bertz CT molecular complexity index is 432. The van der Waals surface area contributed by atoms with E-state index in [4.69, 9.17) is 5.73 Å². The van der Waals surface area contributed by atoms with Crippen molar-refractivity contribution in [1.29, 1.82) is 0 Å². The first-order valence-corrected chi connectivity index (χ1v) is 6.47. The van der Waals surface area contributed by atoms with E-state index in [0.29, 0.717) is 11.7 Å². The highest BCUT2D eigenvalue weighted by Crippen LogP contribution is 2.25. The fraction of sp³-hybridized carbons (Fsp3) is 0.417. The van der Waals surface area contributed by atoms with E-state index in [1.54, 1.807) is 6.07 Å². The van der Waals surface area contributed by atoms with Gasteiger partial charge in [0.05, 0.1) is 0 Å². The maximum Gasteiger partial charge on any atom is 0.242 e. The maximum atomic E-state index is 11.8. The average Bonchev–Trinajstić information content (AvgIpc) is 3.06. The van der Waals surface area contributed by atoms with Crippen molar-refractivity contribution >= 4 is 33.2 Å². The molecule has 0 bridgehead atoms. The Morgan fingerprint density at radius 3 is 2.82 bits per heavy atom. The molecular formula is C12H16BrN3O. The molecule has 4 N–H and O–H groups in total. The van der Waals surface area contributed by atoms with Gasteiger partial charge in [0.15, 0.2) is 0 Å². The third-order valence-corrected chi connectivity index (χ3v) is 3.34. The molecule has 0 spiro atoms. The number of nitrogens with one attached hydrogen (secondary N) is 2. The molecule has 1 amide bonds. The number of amides is 1. The van der Waals surface area contributed by atoms with Gasteiger partial charge in [-0.05, 0) is 53.9 Å². The van der Waals surface area contributed by atoms with E-state index >= 15 is 0 Å². The van der Waals surface area contributed by atoms with Crippen LogP contribution < -0.4 is 16.4 Å². The third-order valence-electron chi connectivity index (χ3n) is 2.68. The smallest absolute Gasteiger partial charge is 0.242 e. The zero-order valence-corrected chi connectivity index (χ0v) is 11.3. The average molecular weight is 298 g/mol. The van der Waals surface area contributed by atoms with Crippen LogP contribution in [0.25, 0.3) is 0 Å². The van der Waals surface area contributed by atoms with E-state index in [2.05, 4.69) is 26.6 Å². The monoisotopic (exact) mass is 297 g/mol. The zero-order valence-electron chi connectivity index (χ0n) is 9.66. The molecule has 1 aliphatic carbocycles. The summed E-state index contributed by atoms with van der Waals surface area (Å²) in [6, 6.07) is 5.62. The van der Waals surface area contributed by atoms with Crippen molar-refractivity contribution in [1.82, 2.24) is 5.32 Å². The highest BCUT2D eigenvalue weighted by atomic mass is 79.9. The van der Waals surface area contributed by atoms with Gasteiger partial charge in [-0.15, -0.1) is 0 Å². The molecule has 1 saturated carbocycles. The quantitative estimate of drug-likeness (QED) is 0.746. The molecule has 5 heteroatoms. The van der Waals surface area contributed by atoms with Crippen LogP contribution >= 0.6 is 15.9 Å². The largest absolute Gasteiger partial charge is 0.399 e. The van der Waals surface area contributed by atoms with Crippen LogP contribution in [0.5, 0.6) is 0 Å². The fourth-order valence-corrected chi connectivity index (χ4v) is 2.01. The third kappa shape index (κ3) is 3.36. The van der Waals surface area contributed by atoms with Crippen molar-refractivity contribution in [3.05, 3.63) is 22.7 Å². The van der Waals surface area contributed by atoms with Gasteiger partial charge >= 0.3 is 0 Å². The topological polar surface area (TPSA) is 67.1 Å². The van der Waals surface area contributed by atoms with Crippen molar-refractivity contribution in [3.63, 3.8) is 0 Å². The van der Waals surface area contributed by atoms with Crippen LogP contribution in [0.1, 0.15) is 19.8 Å². The second kappa shape index (κ2) is 4.96. The van der Waals surface area contributed by atoms with Gasteiger partial charge in [0.2, 0.25) is 5.91 Å². The summed E-state index contributed by atoms with van der Waals surface area (Å²) in [4.78, 5) is 11.8. The van der Waals surface area contributed by atoms with E-state index in [-0.39, 0.29) is 11.9 Å². The van der Waals surface area contributed by atoms with Crippen LogP contribution in [-0.4, -0.2) is 18.0 Å². The highest BCUT2D eigenvalue weighted by Gasteiger charge is 2.25. The van der Waals surface area contributed by atoms with Crippen molar-refractivity contribution in [3.8, 4) is 0 Å². The number of hydrogen-bond acceptors (Lipinski definition) is 3. The second-order valence-electron chi connectivity index (χ2n) is 4.39. The van der Waals surface area contributed by atoms with Crippen LogP contribution in [-0.2, 0) is 4.79 Å². The minimum atomic E-state index is -0.254. The van der Waals surface area contributed by atoms with Crippen molar-refractivity contribution in [2.45, 2.75) is 31.8 Å². The Balaban J connectivity index is 1.96. The van der Waals surface area contributed by atoms with Gasteiger partial charge in [-0.3, -0.25) is 4.79 Å². The predicted molar refractivity (Wildman–Crippen MR) is 72.8 cm³/mol. The number of rotatable bonds is 4. The Morgan fingerprint density at radius 1 is 1.53 bits per heavy atom. The first kappa shape index (κ1) is 12.2. The van der Waals surface area contributed by atoms with Crippen LogP contribution in [0.15, 0.2) is 22.7 Å². The Morgan fingerprint density at radius 2 is 2.24 bits per heavy atom. The number of nitrogen functional groups attached to an aromatic ring is 1. The summed E-state index contributed by atoms with van der Waals surface area (Å²) < 4.78 is 0.864. The first-order valence-electron chi connectivity index (χ1n) is 5.68. The number of nitrogens with two attached hydrogens (primary N) is 1. The summed E-state index contributed by atoms with van der Waals surface area (Å²) in [5.74, 6) is 0.0382. The molecule has 1 aromatic carbocycles. The van der Waals surface area contributed by atoms with Gasteiger partial charge < -0.3 is 16.4 Å². The lowest BCUT2D eigenvalue weighted by atomic mass is 10.2. The van der Waals surface area contributed by atoms with Crippen LogP contribution in [0, 0.1) is 0 Å². The molecule has 1 aromatic rings. The molecule has 92 valence electrons. The van der Waals surface area contributed by atoms with Crippen LogP contribution in [0.4, 0.5) is 11.4 Å². The molecular weight excluding hydrogens is 282 g/mol. The summed E-state index contributed by atoms with van der Waals surface area (Å²) in [5, 5.41) is 6.12. The van der Waals surface area contributed by atoms with Crippen molar-refractivity contribution in [2.75, 3.05) is 11.1 Å². The molecule has 17 heavy (non-hydrogen) atoms. The summed E-state index contributed by atoms with van der Waals surface area (Å²) in [6.07, 6.45) is 2.20. The van der Waals surface area contributed by atoms with E-state index in [1.807, 2.05) is 19.1 Å². The van der Waals surface area contributed by atoms with Gasteiger partial charge in [0.25, 0.3) is 0 Å². The molecule has 0 aliphatic heterocycles. The molecule has 2 rings (SSSR count). The molecule has 1 unspecified atom stereocenters. The lowest BCUT2D eigenvalue weighted by Crippen LogP contribution is -2.38. The highest BCUT2D eigenvalue weighted by molar-refractivity contribution is 9.10. The molecule has 0 saturated heterocycles. The lowest BCUT2D eigenvalue weighted by Gasteiger charge is -2.16. The predicted octanol–water partition coefficient (Wildman–Crippen LogP) is 2.11. The Labute approximate surface area is 109 Å². The minimum absolute atomic E-state index is 0.0382. The SMILES string of the molecule is CC(Nc1ccc(N)cc1Br)C(=O)NC1CC1. The van der Waals surface area contributed by atoms with Gasteiger partial charge in [0, 0.05) is 21.9 Å². The standard InChI is InChI=1S/C12H16BrN3O/c1-7(12(17)16-9-3-4-9)15-11-5-2-8(14)6-10(11)13/h2,5-7,9,15H,3-4,14H2,1H3,(H,16,17). The fourth-order valence-electron chi connectivity index (χ4n) is 1.50. The van der Waals surface area contributed by atoms with Crippen LogP contribution in [0.2, 0.25) is 0 Å². The Hall–Kier alpha value is -1.23. The molecule has 1 atom stereocenters. The van der Waals surface area contributed by atoms with E-state index < -0.39 is 0 Å². The minimum Gasteiger partial charge on any atom is -0.399 e. The Kier molecular flexibility index (Phi) is 3.57. The number of hydrogen-bond donors (Lipinski definition) is 3. The molecule has 0 heterocycles. The number of carbonyl (C=O) groups excluding carboxylic acids is 1. The van der Waals surface area contributed by atoms with Gasteiger partial charge in [-0.2, -0.15) is 0 Å². The summed E-state index contributed by atoms with van der Waals surface area (Å²) in [7, 11) is 0. The maximum absolute atomic E-state index is 11.8. The molecule has 4 nitrogen and oxygen atoms in total. The summed E-state index contributed by atoms with van der Waals surface area (Å²) >= 11 is 3.41. The number of carbonyl (C=O) groups is 1. The number of anilines is 2. The lowest BCUT2D eigenvalue weighted by molar-refractivity contribution is -0.121. The van der Waals surface area contributed by atoms with Gasteiger partial charge in [-0.25, -0.2) is 0 Å². The second-order valence-corrected chi connectivity index (χ2v) is 5.24.